The van der Waals surface area contributed by atoms with Gasteiger partial charge >= 0.3 is 0 Å². The molecule has 1 aliphatic rings. The maximum absolute atomic E-state index is 14.6. The van der Waals surface area contributed by atoms with Gasteiger partial charge in [-0.1, -0.05) is 6.07 Å². The fourth-order valence-corrected chi connectivity index (χ4v) is 4.84. The number of thiocarbonyl (C=S) groups is 1. The molecule has 0 radical (unpaired) electrons. The van der Waals surface area contributed by atoms with Crippen LogP contribution >= 0.6 is 12.2 Å². The quantitative estimate of drug-likeness (QED) is 0.218. The number of carbonyl (C=O) groups excluding carboxylic acids is 1. The highest BCUT2D eigenvalue weighted by Crippen LogP contribution is 2.37. The second kappa shape index (κ2) is 10.0. The van der Waals surface area contributed by atoms with Crippen LogP contribution in [0.4, 0.5) is 15.8 Å². The second-order valence-electron chi connectivity index (χ2n) is 9.18. The van der Waals surface area contributed by atoms with E-state index in [1.54, 1.807) is 53.7 Å². The summed E-state index contributed by atoms with van der Waals surface area (Å²) >= 11 is 5.73. The summed E-state index contributed by atoms with van der Waals surface area (Å²) in [7, 11) is 0. The third-order valence-corrected chi connectivity index (χ3v) is 7.04. The molecule has 0 bridgehead atoms. The van der Waals surface area contributed by atoms with Crippen molar-refractivity contribution in [2.75, 3.05) is 18.1 Å². The van der Waals surface area contributed by atoms with Crippen molar-refractivity contribution < 1.29 is 13.9 Å². The third kappa shape index (κ3) is 4.54. The van der Waals surface area contributed by atoms with Crippen LogP contribution in [0.2, 0.25) is 0 Å². The number of ether oxygens (including phenoxy) is 1. The van der Waals surface area contributed by atoms with E-state index in [2.05, 4.69) is 9.83 Å². The van der Waals surface area contributed by atoms with Crippen molar-refractivity contribution in [2.24, 2.45) is 0 Å². The van der Waals surface area contributed by atoms with Crippen LogP contribution in [0, 0.1) is 26.2 Å². The van der Waals surface area contributed by atoms with Gasteiger partial charge in [0.15, 0.2) is 10.8 Å². The molecule has 0 saturated carbocycles. The lowest BCUT2D eigenvalue weighted by Gasteiger charge is -2.29. The van der Waals surface area contributed by atoms with Crippen LogP contribution in [0.15, 0.2) is 54.9 Å². The Bertz CT molecular complexity index is 1370. The normalized spacial score (nSPS) is 14.8. The average molecular weight is 503 g/mol. The van der Waals surface area contributed by atoms with Gasteiger partial charge in [0.2, 0.25) is 0 Å². The molecule has 2 aromatic carbocycles. The van der Waals surface area contributed by atoms with Crippen molar-refractivity contribution in [1.29, 1.82) is 0 Å². The first-order valence-corrected chi connectivity index (χ1v) is 12.0. The summed E-state index contributed by atoms with van der Waals surface area (Å²) < 4.78 is 20.4. The summed E-state index contributed by atoms with van der Waals surface area (Å²) in [6.45, 7) is 15.7. The monoisotopic (exact) mass is 502 g/mol. The molecule has 1 amide bonds. The van der Waals surface area contributed by atoms with E-state index in [1.165, 1.54) is 6.07 Å². The maximum Gasteiger partial charge on any atom is 0.258 e. The maximum atomic E-state index is 14.6. The van der Waals surface area contributed by atoms with Gasteiger partial charge in [0.05, 0.1) is 18.9 Å². The first-order valence-electron chi connectivity index (χ1n) is 11.6. The molecule has 6 nitrogen and oxygen atoms in total. The van der Waals surface area contributed by atoms with Crippen LogP contribution in [-0.2, 0) is 4.79 Å². The Morgan fingerprint density at radius 1 is 1.11 bits per heavy atom. The second-order valence-corrected chi connectivity index (χ2v) is 9.54. The highest BCUT2D eigenvalue weighted by atomic mass is 32.1. The molecule has 0 atom stereocenters. The zero-order valence-corrected chi connectivity index (χ0v) is 21.5. The molecule has 184 valence electrons. The van der Waals surface area contributed by atoms with Crippen molar-refractivity contribution in [2.45, 2.75) is 39.7 Å². The van der Waals surface area contributed by atoms with Crippen LogP contribution in [-0.4, -0.2) is 39.6 Å². The van der Waals surface area contributed by atoms with Gasteiger partial charge in [0.1, 0.15) is 17.1 Å². The lowest BCUT2D eigenvalue weighted by atomic mass is 10.0. The van der Waals surface area contributed by atoms with Crippen LogP contribution in [0.1, 0.15) is 31.4 Å². The summed E-state index contributed by atoms with van der Waals surface area (Å²) in [5, 5.41) is 0.427. The Morgan fingerprint density at radius 2 is 1.83 bits per heavy atom. The Morgan fingerprint density at radius 3 is 2.50 bits per heavy atom. The van der Waals surface area contributed by atoms with Crippen molar-refractivity contribution in [1.82, 2.24) is 9.88 Å². The molecule has 3 aromatic rings. The molecule has 1 saturated heterocycles. The summed E-state index contributed by atoms with van der Waals surface area (Å²) in [5.74, 6) is -0.0331. The Balaban J connectivity index is 1.42. The summed E-state index contributed by atoms with van der Waals surface area (Å²) in [6.07, 6.45) is 3.84. The van der Waals surface area contributed by atoms with Crippen molar-refractivity contribution in [3.8, 4) is 16.9 Å². The predicted molar refractivity (Wildman–Crippen MR) is 143 cm³/mol. The molecule has 1 fully saturated rings. The number of hydrogen-bond acceptors (Lipinski definition) is 4. The molecule has 0 spiro atoms. The first-order chi connectivity index (χ1) is 17.2. The molecular weight excluding hydrogens is 475 g/mol. The number of rotatable bonds is 7. The molecule has 1 aliphatic heterocycles. The number of carbonyl (C=O) groups is 1. The van der Waals surface area contributed by atoms with E-state index < -0.39 is 5.54 Å². The van der Waals surface area contributed by atoms with Crippen LogP contribution in [0.25, 0.3) is 16.0 Å². The van der Waals surface area contributed by atoms with E-state index in [9.17, 15) is 9.18 Å². The minimum atomic E-state index is -0.825. The molecule has 0 unspecified atom stereocenters. The molecule has 2 heterocycles. The number of hydrogen-bond donors (Lipinski definition) is 0. The standard InChI is InChI=1S/C28H27FN4O2S/c1-18-19(2)25(10-9-24(18)30-5)33-26(34)28(3,4)32(27(33)36)15-6-16-35-21-7-8-22(23(29)17-21)20-11-13-31-14-12-20/h7-14,17H,6,15-16H2,1-4H3. The average Bonchev–Trinajstić information content (AvgIpc) is 3.03. The highest BCUT2D eigenvalue weighted by molar-refractivity contribution is 7.80. The van der Waals surface area contributed by atoms with Crippen LogP contribution < -0.4 is 9.64 Å². The predicted octanol–water partition coefficient (Wildman–Crippen LogP) is 6.24. The fraction of sp³-hybridized carbons (Fsp3) is 0.286. The lowest BCUT2D eigenvalue weighted by molar-refractivity contribution is -0.123. The Labute approximate surface area is 216 Å². The summed E-state index contributed by atoms with van der Waals surface area (Å²) in [4.78, 5) is 24.3. The van der Waals surface area contributed by atoms with E-state index >= 15 is 0 Å². The molecule has 0 aliphatic carbocycles. The number of benzene rings is 2. The largest absolute Gasteiger partial charge is 0.493 e. The van der Waals surface area contributed by atoms with E-state index in [-0.39, 0.29) is 11.7 Å². The molecule has 1 aromatic heterocycles. The van der Waals surface area contributed by atoms with Gasteiger partial charge < -0.3 is 9.64 Å². The van der Waals surface area contributed by atoms with Crippen LogP contribution in [0.5, 0.6) is 5.75 Å². The number of nitrogens with zero attached hydrogens (tertiary/aromatic N) is 4. The Hall–Kier alpha value is -3.83. The first kappa shape index (κ1) is 25.3. The zero-order chi connectivity index (χ0) is 26.0. The van der Waals surface area contributed by atoms with Crippen LogP contribution in [0.3, 0.4) is 0 Å². The van der Waals surface area contributed by atoms with Gasteiger partial charge in [0, 0.05) is 30.6 Å². The molecular formula is C28H27FN4O2S. The van der Waals surface area contributed by atoms with Crippen molar-refractivity contribution in [3.05, 3.63) is 83.2 Å². The third-order valence-electron chi connectivity index (χ3n) is 6.64. The number of aromatic nitrogens is 1. The van der Waals surface area contributed by atoms with Gasteiger partial charge in [-0.25, -0.2) is 9.24 Å². The molecule has 8 heteroatoms. The fourth-order valence-electron chi connectivity index (χ4n) is 4.34. The van der Waals surface area contributed by atoms with E-state index in [0.717, 1.165) is 16.7 Å². The van der Waals surface area contributed by atoms with Gasteiger partial charge in [0.25, 0.3) is 5.91 Å². The van der Waals surface area contributed by atoms with E-state index in [4.69, 9.17) is 23.5 Å². The summed E-state index contributed by atoms with van der Waals surface area (Å²) in [6, 6.07) is 11.8. The number of amides is 1. The molecule has 4 rings (SSSR count). The van der Waals surface area contributed by atoms with Gasteiger partial charge in [-0.3, -0.25) is 14.7 Å². The minimum absolute atomic E-state index is 0.111. The molecule has 0 N–H and O–H groups in total. The van der Waals surface area contributed by atoms with Gasteiger partial charge in [-0.2, -0.15) is 0 Å². The topological polar surface area (TPSA) is 50.0 Å². The highest BCUT2D eigenvalue weighted by Gasteiger charge is 2.49. The minimum Gasteiger partial charge on any atom is -0.493 e. The number of pyridine rings is 1. The zero-order valence-electron chi connectivity index (χ0n) is 20.7. The summed E-state index contributed by atoms with van der Waals surface area (Å²) in [5.41, 5.74) is 3.37. The number of halogens is 1. The van der Waals surface area contributed by atoms with Gasteiger partial charge in [-0.15, -0.1) is 0 Å². The van der Waals surface area contributed by atoms with E-state index in [0.29, 0.717) is 47.4 Å². The number of anilines is 1. The molecule has 36 heavy (non-hydrogen) atoms. The Kier molecular flexibility index (Phi) is 7.04. The van der Waals surface area contributed by atoms with Gasteiger partial charge in [-0.05, 0) is 93.4 Å². The smallest absolute Gasteiger partial charge is 0.258 e. The van der Waals surface area contributed by atoms with Crippen molar-refractivity contribution >= 4 is 34.6 Å². The SMILES string of the molecule is [C-]#[N+]c1ccc(N2C(=O)C(C)(C)N(CCCOc3ccc(-c4ccncc4)c(F)c3)C2=S)c(C)c1C. The lowest BCUT2D eigenvalue weighted by Crippen LogP contribution is -2.44. The van der Waals surface area contributed by atoms with Crippen molar-refractivity contribution in [3.63, 3.8) is 0 Å². The van der Waals surface area contributed by atoms with E-state index in [1.807, 2.05) is 32.6 Å².